The zero-order valence-electron chi connectivity index (χ0n) is 15.8. The topological polar surface area (TPSA) is 89.3 Å². The number of methoxy groups -OCH3 is 1. The second-order valence-electron chi connectivity index (χ2n) is 6.52. The lowest BCUT2D eigenvalue weighted by molar-refractivity contribution is 0.0746. The average Bonchev–Trinajstić information content (AvgIpc) is 3.20. The van der Waals surface area contributed by atoms with E-state index in [9.17, 15) is 4.79 Å². The highest BCUT2D eigenvalue weighted by molar-refractivity contribution is 5.94. The van der Waals surface area contributed by atoms with Crippen molar-refractivity contribution in [1.29, 1.82) is 0 Å². The highest BCUT2D eigenvalue weighted by Crippen LogP contribution is 2.17. The standard InChI is InChI=1S/C19H21N7O2/c1-14-6-8-26(23-14)17-4-3-16(21-22-17)24-9-11-25(12-10-24)19(27)15-5-7-20-18(13-15)28-2/h3-8,13H,9-12H2,1-2H3. The maximum Gasteiger partial charge on any atom is 0.254 e. The smallest absolute Gasteiger partial charge is 0.254 e. The van der Waals surface area contributed by atoms with Crippen LogP contribution in [-0.2, 0) is 0 Å². The number of ether oxygens (including phenoxy) is 1. The van der Waals surface area contributed by atoms with Crippen molar-refractivity contribution in [3.63, 3.8) is 0 Å². The summed E-state index contributed by atoms with van der Waals surface area (Å²) < 4.78 is 6.80. The molecule has 3 aromatic rings. The minimum Gasteiger partial charge on any atom is -0.481 e. The molecule has 9 heteroatoms. The van der Waals surface area contributed by atoms with E-state index in [0.717, 1.165) is 11.5 Å². The number of aromatic nitrogens is 5. The van der Waals surface area contributed by atoms with E-state index in [4.69, 9.17) is 4.74 Å². The van der Waals surface area contributed by atoms with E-state index < -0.39 is 0 Å². The van der Waals surface area contributed by atoms with Gasteiger partial charge in [0.2, 0.25) is 5.88 Å². The van der Waals surface area contributed by atoms with Gasteiger partial charge in [0.1, 0.15) is 0 Å². The summed E-state index contributed by atoms with van der Waals surface area (Å²) in [5.41, 5.74) is 1.51. The van der Waals surface area contributed by atoms with Gasteiger partial charge < -0.3 is 14.5 Å². The lowest BCUT2D eigenvalue weighted by Crippen LogP contribution is -2.49. The molecular formula is C19H21N7O2. The molecule has 0 saturated carbocycles. The molecule has 28 heavy (non-hydrogen) atoms. The van der Waals surface area contributed by atoms with Crippen LogP contribution in [0.15, 0.2) is 42.7 Å². The van der Waals surface area contributed by atoms with Gasteiger partial charge in [-0.15, -0.1) is 10.2 Å². The normalized spacial score (nSPS) is 14.2. The number of hydrogen-bond acceptors (Lipinski definition) is 7. The Labute approximate surface area is 162 Å². The van der Waals surface area contributed by atoms with E-state index in [1.54, 1.807) is 23.0 Å². The van der Waals surface area contributed by atoms with Gasteiger partial charge in [0, 0.05) is 50.2 Å². The molecule has 1 aliphatic heterocycles. The van der Waals surface area contributed by atoms with Crippen LogP contribution in [0.4, 0.5) is 5.82 Å². The van der Waals surface area contributed by atoms with E-state index in [-0.39, 0.29) is 5.91 Å². The Morgan fingerprint density at radius 3 is 2.43 bits per heavy atom. The fourth-order valence-corrected chi connectivity index (χ4v) is 3.13. The Morgan fingerprint density at radius 2 is 1.79 bits per heavy atom. The second-order valence-corrected chi connectivity index (χ2v) is 6.52. The van der Waals surface area contributed by atoms with Crippen molar-refractivity contribution >= 4 is 11.7 Å². The predicted octanol–water partition coefficient (Wildman–Crippen LogP) is 1.34. The molecule has 0 spiro atoms. The first-order valence-electron chi connectivity index (χ1n) is 9.05. The van der Waals surface area contributed by atoms with E-state index in [1.165, 1.54) is 7.11 Å². The molecule has 9 nitrogen and oxygen atoms in total. The van der Waals surface area contributed by atoms with Crippen molar-refractivity contribution < 1.29 is 9.53 Å². The maximum absolute atomic E-state index is 12.7. The number of piperazine rings is 1. The highest BCUT2D eigenvalue weighted by Gasteiger charge is 2.23. The predicted molar refractivity (Wildman–Crippen MR) is 103 cm³/mol. The first kappa shape index (κ1) is 17.9. The molecule has 144 valence electrons. The minimum absolute atomic E-state index is 0.0177. The summed E-state index contributed by atoms with van der Waals surface area (Å²) in [6.07, 6.45) is 3.44. The van der Waals surface area contributed by atoms with E-state index in [1.807, 2.05) is 36.2 Å². The molecule has 0 N–H and O–H groups in total. The molecular weight excluding hydrogens is 358 g/mol. The van der Waals surface area contributed by atoms with Crippen LogP contribution in [0.3, 0.4) is 0 Å². The molecule has 0 aromatic carbocycles. The van der Waals surface area contributed by atoms with Crippen molar-refractivity contribution in [2.75, 3.05) is 38.2 Å². The van der Waals surface area contributed by atoms with Gasteiger partial charge in [-0.3, -0.25) is 4.79 Å². The maximum atomic E-state index is 12.7. The zero-order valence-corrected chi connectivity index (χ0v) is 15.8. The molecule has 0 atom stereocenters. The Kier molecular flexibility index (Phi) is 4.88. The number of nitrogens with zero attached hydrogens (tertiary/aromatic N) is 7. The van der Waals surface area contributed by atoms with Gasteiger partial charge >= 0.3 is 0 Å². The second kappa shape index (κ2) is 7.63. The van der Waals surface area contributed by atoms with Crippen LogP contribution in [-0.4, -0.2) is 69.1 Å². The summed E-state index contributed by atoms with van der Waals surface area (Å²) in [7, 11) is 1.54. The van der Waals surface area contributed by atoms with Crippen molar-refractivity contribution in [3.8, 4) is 11.7 Å². The van der Waals surface area contributed by atoms with E-state index in [2.05, 4.69) is 25.2 Å². The third-order valence-electron chi connectivity index (χ3n) is 4.68. The molecule has 0 unspecified atom stereocenters. The van der Waals surface area contributed by atoms with Gasteiger partial charge in [-0.05, 0) is 31.2 Å². The van der Waals surface area contributed by atoms with Crippen LogP contribution >= 0.6 is 0 Å². The molecule has 4 heterocycles. The van der Waals surface area contributed by atoms with Crippen molar-refractivity contribution in [3.05, 3.63) is 54.0 Å². The number of carbonyl (C=O) groups is 1. The van der Waals surface area contributed by atoms with Crippen molar-refractivity contribution in [2.24, 2.45) is 0 Å². The summed E-state index contributed by atoms with van der Waals surface area (Å²) in [4.78, 5) is 20.7. The third-order valence-corrected chi connectivity index (χ3v) is 4.68. The number of rotatable bonds is 4. The van der Waals surface area contributed by atoms with Crippen LogP contribution < -0.4 is 9.64 Å². The summed E-state index contributed by atoms with van der Waals surface area (Å²) >= 11 is 0. The van der Waals surface area contributed by atoms with Crippen LogP contribution in [0.5, 0.6) is 5.88 Å². The van der Waals surface area contributed by atoms with Crippen LogP contribution in [0.2, 0.25) is 0 Å². The average molecular weight is 379 g/mol. The van der Waals surface area contributed by atoms with Gasteiger partial charge in [-0.25, -0.2) is 9.67 Å². The lowest BCUT2D eigenvalue weighted by atomic mass is 10.2. The van der Waals surface area contributed by atoms with Gasteiger partial charge in [0.25, 0.3) is 5.91 Å². The largest absolute Gasteiger partial charge is 0.481 e. The lowest BCUT2D eigenvalue weighted by Gasteiger charge is -2.35. The monoisotopic (exact) mass is 379 g/mol. The van der Waals surface area contributed by atoms with E-state index >= 15 is 0 Å². The van der Waals surface area contributed by atoms with Crippen molar-refractivity contribution in [2.45, 2.75) is 6.92 Å². The Hall–Kier alpha value is -3.49. The Bertz CT molecular complexity index is 962. The number of carbonyl (C=O) groups excluding carboxylic acids is 1. The van der Waals surface area contributed by atoms with Crippen molar-refractivity contribution in [1.82, 2.24) is 29.9 Å². The molecule has 0 radical (unpaired) electrons. The number of amides is 1. The molecule has 1 aliphatic rings. The molecule has 1 amide bonds. The Morgan fingerprint density at radius 1 is 1.04 bits per heavy atom. The van der Waals surface area contributed by atoms with Gasteiger partial charge in [0.15, 0.2) is 11.6 Å². The molecule has 3 aromatic heterocycles. The molecule has 0 bridgehead atoms. The fraction of sp³-hybridized carbons (Fsp3) is 0.316. The Balaban J connectivity index is 1.39. The molecule has 0 aliphatic carbocycles. The molecule has 1 fully saturated rings. The third kappa shape index (κ3) is 3.64. The first-order valence-corrected chi connectivity index (χ1v) is 9.05. The zero-order chi connectivity index (χ0) is 19.5. The number of pyridine rings is 1. The van der Waals surface area contributed by atoms with Crippen LogP contribution in [0, 0.1) is 6.92 Å². The summed E-state index contributed by atoms with van der Waals surface area (Å²) in [6.45, 7) is 4.56. The van der Waals surface area contributed by atoms with Gasteiger partial charge in [-0.2, -0.15) is 5.10 Å². The van der Waals surface area contributed by atoms with Gasteiger partial charge in [0.05, 0.1) is 12.8 Å². The minimum atomic E-state index is -0.0177. The summed E-state index contributed by atoms with van der Waals surface area (Å²) in [5.74, 6) is 1.89. The molecule has 4 rings (SSSR count). The summed E-state index contributed by atoms with van der Waals surface area (Å²) in [6, 6.07) is 9.12. The SMILES string of the molecule is COc1cc(C(=O)N2CCN(c3ccc(-n4ccc(C)n4)nn3)CC2)ccn1. The quantitative estimate of drug-likeness (QED) is 0.676. The highest BCUT2D eigenvalue weighted by atomic mass is 16.5. The van der Waals surface area contributed by atoms with E-state index in [0.29, 0.717) is 43.4 Å². The number of aryl methyl sites for hydroxylation is 1. The van der Waals surface area contributed by atoms with Crippen LogP contribution in [0.25, 0.3) is 5.82 Å². The summed E-state index contributed by atoms with van der Waals surface area (Å²) in [5, 5.41) is 12.9. The fourth-order valence-electron chi connectivity index (χ4n) is 3.13. The molecule has 1 saturated heterocycles. The van der Waals surface area contributed by atoms with Crippen LogP contribution in [0.1, 0.15) is 16.1 Å². The number of hydrogen-bond donors (Lipinski definition) is 0. The number of anilines is 1. The van der Waals surface area contributed by atoms with Gasteiger partial charge in [-0.1, -0.05) is 0 Å². The first-order chi connectivity index (χ1) is 13.6.